The molecule has 2 rings (SSSR count). The molecule has 0 unspecified atom stereocenters. The smallest absolute Gasteiger partial charge is 0.155 e. The van der Waals surface area contributed by atoms with Crippen molar-refractivity contribution >= 4 is 22.7 Å². The van der Waals surface area contributed by atoms with Crippen molar-refractivity contribution in [3.05, 3.63) is 34.5 Å². The Balaban J connectivity index is 2.30. The lowest BCUT2D eigenvalue weighted by Crippen LogP contribution is -2.07. The predicted octanol–water partition coefficient (Wildman–Crippen LogP) is 2.33. The highest BCUT2D eigenvalue weighted by Crippen LogP contribution is 2.33. The zero-order valence-electron chi connectivity index (χ0n) is 7.38. The molecule has 0 bridgehead atoms. The van der Waals surface area contributed by atoms with E-state index < -0.39 is 6.29 Å². The Kier molecular flexibility index (Phi) is 2.98. The number of aliphatic hydroxyl groups excluding tert-OH is 1. The molecule has 2 N–H and O–H groups in total. The van der Waals surface area contributed by atoms with Crippen molar-refractivity contribution in [2.45, 2.75) is 12.7 Å². The molecule has 2 nitrogen and oxygen atoms in total. The van der Waals surface area contributed by atoms with E-state index in [2.05, 4.69) is 0 Å². The molecule has 0 saturated heterocycles. The minimum Gasteiger partial charge on any atom is -0.368 e. The first kappa shape index (κ1) is 9.86. The predicted molar refractivity (Wildman–Crippen MR) is 59.6 cm³/mol. The summed E-state index contributed by atoms with van der Waals surface area (Å²) in [7, 11) is 0. The van der Waals surface area contributed by atoms with E-state index in [1.807, 2.05) is 29.0 Å². The van der Waals surface area contributed by atoms with Crippen molar-refractivity contribution < 1.29 is 10.2 Å². The third kappa shape index (κ3) is 2.04. The molecule has 0 aliphatic heterocycles. The highest BCUT2D eigenvalue weighted by Gasteiger charge is 2.10. The fraction of sp³-hybridized carbons (Fsp3) is 0.200. The Hall–Kier alpha value is -0.680. The minimum atomic E-state index is -1.26. The molecule has 0 aromatic carbocycles. The van der Waals surface area contributed by atoms with E-state index in [1.54, 1.807) is 22.7 Å². The fourth-order valence-corrected chi connectivity index (χ4v) is 3.16. The third-order valence-electron chi connectivity index (χ3n) is 1.89. The summed E-state index contributed by atoms with van der Waals surface area (Å²) in [6, 6.07) is 5.99. The van der Waals surface area contributed by atoms with Crippen LogP contribution in [0.3, 0.4) is 0 Å². The van der Waals surface area contributed by atoms with Crippen LogP contribution < -0.4 is 0 Å². The van der Waals surface area contributed by atoms with Crippen molar-refractivity contribution in [1.82, 2.24) is 0 Å². The normalized spacial score (nSPS) is 11.1. The second-order valence-electron chi connectivity index (χ2n) is 2.94. The molecule has 0 amide bonds. The Bertz CT molecular complexity index is 390. The molecular formula is C10H10O2S2. The molecule has 74 valence electrons. The summed E-state index contributed by atoms with van der Waals surface area (Å²) in [5.41, 5.74) is 1.01. The van der Waals surface area contributed by atoms with Crippen LogP contribution in [0.25, 0.3) is 9.75 Å². The van der Waals surface area contributed by atoms with Gasteiger partial charge < -0.3 is 10.2 Å². The van der Waals surface area contributed by atoms with Gasteiger partial charge in [-0.3, -0.25) is 0 Å². The van der Waals surface area contributed by atoms with Gasteiger partial charge in [0.05, 0.1) is 0 Å². The maximum absolute atomic E-state index is 8.91. The van der Waals surface area contributed by atoms with Gasteiger partial charge in [-0.1, -0.05) is 6.07 Å². The molecule has 0 saturated carbocycles. The van der Waals surface area contributed by atoms with Gasteiger partial charge in [-0.15, -0.1) is 22.7 Å². The van der Waals surface area contributed by atoms with Crippen LogP contribution in [0.5, 0.6) is 0 Å². The molecule has 14 heavy (non-hydrogen) atoms. The summed E-state index contributed by atoms with van der Waals surface area (Å²) in [6.07, 6.45) is -0.959. The van der Waals surface area contributed by atoms with E-state index in [4.69, 9.17) is 10.2 Å². The zero-order chi connectivity index (χ0) is 9.97. The van der Waals surface area contributed by atoms with E-state index in [0.717, 1.165) is 10.4 Å². The summed E-state index contributed by atoms with van der Waals surface area (Å²) in [5.74, 6) is 0. The van der Waals surface area contributed by atoms with Crippen molar-refractivity contribution in [1.29, 1.82) is 0 Å². The Morgan fingerprint density at radius 2 is 2.00 bits per heavy atom. The van der Waals surface area contributed by atoms with Crippen molar-refractivity contribution in [2.75, 3.05) is 0 Å². The monoisotopic (exact) mass is 226 g/mol. The lowest BCUT2D eigenvalue weighted by Gasteiger charge is -2.03. The van der Waals surface area contributed by atoms with Gasteiger partial charge in [-0.05, 0) is 28.5 Å². The van der Waals surface area contributed by atoms with Gasteiger partial charge in [0.15, 0.2) is 6.29 Å². The summed E-state index contributed by atoms with van der Waals surface area (Å²) in [6.45, 7) is 0. The standard InChI is InChI=1S/C10H10O2S2/c11-9(12)6-7-3-5-14-10(7)8-2-1-4-13-8/h1-5,9,11-12H,6H2. The fourth-order valence-electron chi connectivity index (χ4n) is 1.32. The van der Waals surface area contributed by atoms with Gasteiger partial charge in [-0.25, -0.2) is 0 Å². The van der Waals surface area contributed by atoms with Crippen molar-refractivity contribution in [3.63, 3.8) is 0 Å². The SMILES string of the molecule is OC(O)Cc1ccsc1-c1cccs1. The first-order valence-electron chi connectivity index (χ1n) is 4.24. The second kappa shape index (κ2) is 4.23. The molecule has 2 aromatic heterocycles. The van der Waals surface area contributed by atoms with Crippen LogP contribution in [0, 0.1) is 0 Å². The molecule has 0 atom stereocenters. The quantitative estimate of drug-likeness (QED) is 0.789. The Morgan fingerprint density at radius 1 is 1.14 bits per heavy atom. The maximum atomic E-state index is 8.91. The zero-order valence-corrected chi connectivity index (χ0v) is 9.02. The van der Waals surface area contributed by atoms with Crippen LogP contribution in [-0.2, 0) is 6.42 Å². The minimum absolute atomic E-state index is 0.302. The number of hydrogen-bond donors (Lipinski definition) is 2. The summed E-state index contributed by atoms with van der Waals surface area (Å²) >= 11 is 3.31. The Morgan fingerprint density at radius 3 is 2.64 bits per heavy atom. The largest absolute Gasteiger partial charge is 0.368 e. The van der Waals surface area contributed by atoms with Crippen LogP contribution in [0.4, 0.5) is 0 Å². The van der Waals surface area contributed by atoms with Crippen LogP contribution in [-0.4, -0.2) is 16.5 Å². The van der Waals surface area contributed by atoms with Gasteiger partial charge in [0.2, 0.25) is 0 Å². The highest BCUT2D eigenvalue weighted by molar-refractivity contribution is 7.20. The number of thiophene rings is 2. The van der Waals surface area contributed by atoms with E-state index in [9.17, 15) is 0 Å². The lowest BCUT2D eigenvalue weighted by atomic mass is 10.1. The van der Waals surface area contributed by atoms with Gasteiger partial charge in [0.25, 0.3) is 0 Å². The molecule has 0 aliphatic carbocycles. The molecular weight excluding hydrogens is 216 g/mol. The van der Waals surface area contributed by atoms with E-state index in [1.165, 1.54) is 4.88 Å². The Labute approximate surface area is 90.1 Å². The molecule has 2 aromatic rings. The first-order chi connectivity index (χ1) is 6.77. The van der Waals surface area contributed by atoms with Gasteiger partial charge in [0, 0.05) is 16.2 Å². The average Bonchev–Trinajstić information content (AvgIpc) is 2.70. The second-order valence-corrected chi connectivity index (χ2v) is 4.80. The van der Waals surface area contributed by atoms with Gasteiger partial charge in [0.1, 0.15) is 0 Å². The summed E-state index contributed by atoms with van der Waals surface area (Å²) in [5, 5.41) is 21.8. The molecule has 0 aliphatic rings. The summed E-state index contributed by atoms with van der Waals surface area (Å²) < 4.78 is 0. The first-order valence-corrected chi connectivity index (χ1v) is 5.99. The van der Waals surface area contributed by atoms with Crippen molar-refractivity contribution in [3.8, 4) is 9.75 Å². The van der Waals surface area contributed by atoms with Crippen molar-refractivity contribution in [2.24, 2.45) is 0 Å². The number of rotatable bonds is 3. The lowest BCUT2D eigenvalue weighted by molar-refractivity contribution is -0.0380. The van der Waals surface area contributed by atoms with Gasteiger partial charge in [-0.2, -0.15) is 0 Å². The van der Waals surface area contributed by atoms with Crippen LogP contribution in [0.1, 0.15) is 5.56 Å². The molecule has 0 radical (unpaired) electrons. The molecule has 4 heteroatoms. The van der Waals surface area contributed by atoms with E-state index in [0.29, 0.717) is 6.42 Å². The third-order valence-corrected chi connectivity index (χ3v) is 3.90. The summed E-state index contributed by atoms with van der Waals surface area (Å²) in [4.78, 5) is 2.34. The molecule has 0 fully saturated rings. The average molecular weight is 226 g/mol. The van der Waals surface area contributed by atoms with E-state index >= 15 is 0 Å². The number of hydrogen-bond acceptors (Lipinski definition) is 4. The number of aliphatic hydroxyl groups is 2. The van der Waals surface area contributed by atoms with E-state index in [-0.39, 0.29) is 0 Å². The maximum Gasteiger partial charge on any atom is 0.155 e. The van der Waals surface area contributed by atoms with Crippen LogP contribution in [0.2, 0.25) is 0 Å². The topological polar surface area (TPSA) is 40.5 Å². The van der Waals surface area contributed by atoms with Gasteiger partial charge >= 0.3 is 0 Å². The molecule has 2 heterocycles. The highest BCUT2D eigenvalue weighted by atomic mass is 32.1. The van der Waals surface area contributed by atoms with Crippen LogP contribution in [0.15, 0.2) is 29.0 Å². The molecule has 0 spiro atoms. The van der Waals surface area contributed by atoms with Crippen LogP contribution >= 0.6 is 22.7 Å².